The smallest absolute Gasteiger partial charge is 0.255 e. The summed E-state index contributed by atoms with van der Waals surface area (Å²) in [6.07, 6.45) is 10.4. The lowest BCUT2D eigenvalue weighted by molar-refractivity contribution is -0.121. The Balaban J connectivity index is 1.26. The number of nitrogens with zero attached hydrogens (tertiary/aromatic N) is 3. The monoisotopic (exact) mass is 474 g/mol. The minimum Gasteiger partial charge on any atom is -0.352 e. The Bertz CT molecular complexity index is 1020. The van der Waals surface area contributed by atoms with E-state index in [2.05, 4.69) is 39.2 Å². The molecular weight excluding hydrogens is 436 g/mol. The number of benzene rings is 1. The van der Waals surface area contributed by atoms with Crippen LogP contribution in [0.4, 0.5) is 0 Å². The van der Waals surface area contributed by atoms with Gasteiger partial charge in [-0.05, 0) is 93.6 Å². The number of carbonyl (C=O) groups excluding carboxylic acids is 2. The standard InChI is InChI=1S/C29H38N4O2/c1-21-8-2-3-9-22(21)19-31-27(34)14-4-13-26-25-12-7-17-32-16-6-11-24(28(25)32)20-33(26)29(35)23-10-5-15-30-18-23/h2-3,5,8-10,15,18,24-26,28H,4,6-7,11-14,16-17,19-20H2,1H3,(H,31,34)/t24-,25+,26+,28-/m0/s1. The summed E-state index contributed by atoms with van der Waals surface area (Å²) in [6.45, 7) is 5.87. The number of pyridine rings is 1. The summed E-state index contributed by atoms with van der Waals surface area (Å²) in [5, 5.41) is 3.09. The highest BCUT2D eigenvalue weighted by Crippen LogP contribution is 2.43. The Morgan fingerprint density at radius 3 is 2.71 bits per heavy atom. The van der Waals surface area contributed by atoms with Gasteiger partial charge in [-0.3, -0.25) is 19.5 Å². The molecule has 2 amide bonds. The zero-order chi connectivity index (χ0) is 24.2. The maximum absolute atomic E-state index is 13.6. The van der Waals surface area contributed by atoms with E-state index in [1.807, 2.05) is 24.3 Å². The van der Waals surface area contributed by atoms with Crippen LogP contribution in [-0.4, -0.2) is 58.3 Å². The summed E-state index contributed by atoms with van der Waals surface area (Å²) in [4.78, 5) is 35.3. The zero-order valence-electron chi connectivity index (χ0n) is 20.9. The second-order valence-corrected chi connectivity index (χ2v) is 10.6. The normalized spacial score (nSPS) is 26.1. The molecule has 2 aromatic rings. The fourth-order valence-corrected chi connectivity index (χ4v) is 6.82. The Labute approximate surface area is 209 Å². The first-order valence-corrected chi connectivity index (χ1v) is 13.4. The Hall–Kier alpha value is -2.73. The van der Waals surface area contributed by atoms with Gasteiger partial charge in [-0.15, -0.1) is 0 Å². The second-order valence-electron chi connectivity index (χ2n) is 10.6. The first-order chi connectivity index (χ1) is 17.1. The van der Waals surface area contributed by atoms with E-state index in [0.717, 1.165) is 24.9 Å². The molecule has 0 bridgehead atoms. The number of aryl methyl sites for hydroxylation is 1. The molecule has 1 aromatic heterocycles. The lowest BCUT2D eigenvalue weighted by Gasteiger charge is -2.57. The van der Waals surface area contributed by atoms with Gasteiger partial charge in [0.1, 0.15) is 0 Å². The summed E-state index contributed by atoms with van der Waals surface area (Å²) in [5.74, 6) is 1.25. The van der Waals surface area contributed by atoms with E-state index in [0.29, 0.717) is 36.4 Å². The molecule has 0 unspecified atom stereocenters. The molecular formula is C29H38N4O2. The molecule has 3 fully saturated rings. The first kappa shape index (κ1) is 24.0. The number of rotatable bonds is 7. The highest BCUT2D eigenvalue weighted by molar-refractivity contribution is 5.94. The van der Waals surface area contributed by atoms with Gasteiger partial charge in [0.05, 0.1) is 5.56 Å². The van der Waals surface area contributed by atoms with Crippen molar-refractivity contribution >= 4 is 11.8 Å². The molecule has 1 N–H and O–H groups in total. The van der Waals surface area contributed by atoms with Crippen molar-refractivity contribution in [2.45, 2.75) is 70.5 Å². The minimum absolute atomic E-state index is 0.0926. The topological polar surface area (TPSA) is 65.5 Å². The predicted molar refractivity (Wildman–Crippen MR) is 137 cm³/mol. The van der Waals surface area contributed by atoms with Gasteiger partial charge in [0.2, 0.25) is 5.91 Å². The third-order valence-corrected chi connectivity index (χ3v) is 8.48. The summed E-state index contributed by atoms with van der Waals surface area (Å²) in [7, 11) is 0. The number of aromatic nitrogens is 1. The van der Waals surface area contributed by atoms with Crippen molar-refractivity contribution in [1.82, 2.24) is 20.1 Å². The predicted octanol–water partition coefficient (Wildman–Crippen LogP) is 4.19. The molecule has 6 heteroatoms. The van der Waals surface area contributed by atoms with E-state index in [4.69, 9.17) is 0 Å². The van der Waals surface area contributed by atoms with E-state index >= 15 is 0 Å². The van der Waals surface area contributed by atoms with Crippen LogP contribution in [0.2, 0.25) is 0 Å². The van der Waals surface area contributed by atoms with E-state index in [1.54, 1.807) is 12.4 Å². The van der Waals surface area contributed by atoms with Gasteiger partial charge in [0.15, 0.2) is 0 Å². The minimum atomic E-state index is 0.0926. The molecule has 3 saturated heterocycles. The van der Waals surface area contributed by atoms with Crippen LogP contribution in [-0.2, 0) is 11.3 Å². The SMILES string of the molecule is Cc1ccccc1CNC(=O)CCC[C@@H]1[C@H]2CCCN3CCC[C@@H](CN1C(=O)c1cccnc1)[C@@H]23. The van der Waals surface area contributed by atoms with Gasteiger partial charge in [-0.2, -0.15) is 0 Å². The van der Waals surface area contributed by atoms with Crippen LogP contribution in [0.5, 0.6) is 0 Å². The Kier molecular flexibility index (Phi) is 7.47. The van der Waals surface area contributed by atoms with Crippen LogP contribution in [0, 0.1) is 18.8 Å². The Morgan fingerprint density at radius 2 is 1.91 bits per heavy atom. The fourth-order valence-electron chi connectivity index (χ4n) is 6.82. The number of nitrogens with one attached hydrogen (secondary N) is 1. The highest BCUT2D eigenvalue weighted by atomic mass is 16.2. The molecule has 0 aliphatic carbocycles. The number of amides is 2. The number of likely N-dealkylation sites (tertiary alicyclic amines) is 1. The van der Waals surface area contributed by atoms with Gasteiger partial charge in [0, 0.05) is 44.0 Å². The molecule has 186 valence electrons. The number of carbonyl (C=O) groups is 2. The third kappa shape index (κ3) is 5.27. The van der Waals surface area contributed by atoms with E-state index in [-0.39, 0.29) is 17.9 Å². The molecule has 0 radical (unpaired) electrons. The third-order valence-electron chi connectivity index (χ3n) is 8.48. The van der Waals surface area contributed by atoms with E-state index in [1.165, 1.54) is 44.3 Å². The van der Waals surface area contributed by atoms with Gasteiger partial charge < -0.3 is 10.2 Å². The van der Waals surface area contributed by atoms with E-state index < -0.39 is 0 Å². The van der Waals surface area contributed by atoms with Crippen LogP contribution in [0.3, 0.4) is 0 Å². The molecule has 6 nitrogen and oxygen atoms in total. The van der Waals surface area contributed by atoms with Gasteiger partial charge in [-0.1, -0.05) is 24.3 Å². The van der Waals surface area contributed by atoms with Gasteiger partial charge in [-0.25, -0.2) is 0 Å². The van der Waals surface area contributed by atoms with Crippen LogP contribution in [0.1, 0.15) is 66.4 Å². The van der Waals surface area contributed by atoms with Crippen molar-refractivity contribution in [3.8, 4) is 0 Å². The van der Waals surface area contributed by atoms with Crippen LogP contribution in [0.15, 0.2) is 48.8 Å². The summed E-state index contributed by atoms with van der Waals surface area (Å²) >= 11 is 0. The number of piperidine rings is 3. The summed E-state index contributed by atoms with van der Waals surface area (Å²) in [5.41, 5.74) is 3.03. The Morgan fingerprint density at radius 1 is 1.09 bits per heavy atom. The van der Waals surface area contributed by atoms with Crippen molar-refractivity contribution in [2.75, 3.05) is 19.6 Å². The maximum atomic E-state index is 13.6. The van der Waals surface area contributed by atoms with Crippen LogP contribution < -0.4 is 5.32 Å². The molecule has 0 saturated carbocycles. The molecule has 3 aliphatic heterocycles. The van der Waals surface area contributed by atoms with Crippen LogP contribution in [0.25, 0.3) is 0 Å². The van der Waals surface area contributed by atoms with Crippen molar-refractivity contribution < 1.29 is 9.59 Å². The maximum Gasteiger partial charge on any atom is 0.255 e. The van der Waals surface area contributed by atoms with Crippen molar-refractivity contribution in [2.24, 2.45) is 11.8 Å². The number of hydrogen-bond donors (Lipinski definition) is 1. The van der Waals surface area contributed by atoms with Crippen molar-refractivity contribution in [1.29, 1.82) is 0 Å². The molecule has 0 spiro atoms. The average molecular weight is 475 g/mol. The fraction of sp³-hybridized carbons (Fsp3) is 0.552. The molecule has 5 rings (SSSR count). The molecule has 4 atom stereocenters. The molecule has 4 heterocycles. The molecule has 3 aliphatic rings. The van der Waals surface area contributed by atoms with Crippen molar-refractivity contribution in [3.05, 3.63) is 65.5 Å². The largest absolute Gasteiger partial charge is 0.352 e. The van der Waals surface area contributed by atoms with Gasteiger partial charge >= 0.3 is 0 Å². The van der Waals surface area contributed by atoms with Crippen LogP contribution >= 0.6 is 0 Å². The lowest BCUT2D eigenvalue weighted by atomic mass is 9.69. The summed E-state index contributed by atoms with van der Waals surface area (Å²) in [6, 6.07) is 12.7. The summed E-state index contributed by atoms with van der Waals surface area (Å²) < 4.78 is 0. The highest BCUT2D eigenvalue weighted by Gasteiger charge is 2.49. The zero-order valence-corrected chi connectivity index (χ0v) is 20.9. The molecule has 1 aromatic carbocycles. The molecule has 35 heavy (non-hydrogen) atoms. The first-order valence-electron chi connectivity index (χ1n) is 13.4. The lowest BCUT2D eigenvalue weighted by Crippen LogP contribution is -2.65. The van der Waals surface area contributed by atoms with Gasteiger partial charge in [0.25, 0.3) is 5.91 Å². The average Bonchev–Trinajstić information content (AvgIpc) is 2.89. The van der Waals surface area contributed by atoms with Crippen molar-refractivity contribution in [3.63, 3.8) is 0 Å². The second kappa shape index (κ2) is 10.9. The van der Waals surface area contributed by atoms with E-state index in [9.17, 15) is 9.59 Å². The quantitative estimate of drug-likeness (QED) is 0.654. The number of hydrogen-bond acceptors (Lipinski definition) is 4.